The molecule has 0 aromatic heterocycles. The molecule has 0 saturated carbocycles. The van der Waals surface area contributed by atoms with Crippen LogP contribution in [0.4, 0.5) is 0 Å². The number of benzene rings is 2. The molecule has 1 aliphatic rings. The predicted octanol–water partition coefficient (Wildman–Crippen LogP) is 3.56. The fraction of sp³-hybridized carbons (Fsp3) is 0.250. The van der Waals surface area contributed by atoms with E-state index in [-0.39, 0.29) is 0 Å². The molecule has 2 aromatic carbocycles. The molecule has 1 heterocycles. The first-order chi connectivity index (χ1) is 8.92. The number of hydrogen-bond donors (Lipinski definition) is 1. The van der Waals surface area contributed by atoms with E-state index in [4.69, 9.17) is 4.74 Å². The van der Waals surface area contributed by atoms with Crippen molar-refractivity contribution in [2.24, 2.45) is 0 Å². The van der Waals surface area contributed by atoms with Crippen LogP contribution in [0.3, 0.4) is 0 Å². The Bertz CT molecular complexity index is 504. The Hall–Kier alpha value is -1.80. The summed E-state index contributed by atoms with van der Waals surface area (Å²) < 4.78 is 5.86. The summed E-state index contributed by atoms with van der Waals surface area (Å²) in [6, 6.07) is 18.4. The molecule has 0 amide bonds. The van der Waals surface area contributed by atoms with Gasteiger partial charge in [0.15, 0.2) is 0 Å². The Balaban J connectivity index is 1.78. The topological polar surface area (TPSA) is 21.3 Å². The van der Waals surface area contributed by atoms with Gasteiger partial charge in [-0.1, -0.05) is 30.3 Å². The molecule has 0 bridgehead atoms. The van der Waals surface area contributed by atoms with Gasteiger partial charge in [0.2, 0.25) is 0 Å². The molecule has 0 unspecified atom stereocenters. The molecular formula is C16H17NO. The Morgan fingerprint density at radius 3 is 2.56 bits per heavy atom. The summed E-state index contributed by atoms with van der Waals surface area (Å²) in [7, 11) is 0. The van der Waals surface area contributed by atoms with Gasteiger partial charge in [-0.2, -0.15) is 0 Å². The van der Waals surface area contributed by atoms with Gasteiger partial charge >= 0.3 is 0 Å². The maximum absolute atomic E-state index is 5.86. The minimum absolute atomic E-state index is 0.629. The zero-order chi connectivity index (χ0) is 12.2. The summed E-state index contributed by atoms with van der Waals surface area (Å²) in [5.41, 5.74) is 1.37. The van der Waals surface area contributed by atoms with Crippen molar-refractivity contribution >= 4 is 0 Å². The fourth-order valence-electron chi connectivity index (χ4n) is 2.40. The molecule has 2 heteroatoms. The van der Waals surface area contributed by atoms with Crippen LogP contribution in [0.15, 0.2) is 54.6 Å². The molecule has 0 spiro atoms. The van der Waals surface area contributed by atoms with Gasteiger partial charge in [-0.25, -0.2) is 0 Å². The first-order valence-electron chi connectivity index (χ1n) is 6.45. The highest BCUT2D eigenvalue weighted by atomic mass is 16.5. The SMILES string of the molecule is c1ccc(Oc2cccc([C@H]3CCNC3)c2)cc1. The highest BCUT2D eigenvalue weighted by Crippen LogP contribution is 2.27. The summed E-state index contributed by atoms with van der Waals surface area (Å²) >= 11 is 0. The highest BCUT2D eigenvalue weighted by molar-refractivity contribution is 5.35. The first kappa shape index (κ1) is 11.3. The summed E-state index contributed by atoms with van der Waals surface area (Å²) in [4.78, 5) is 0. The first-order valence-corrected chi connectivity index (χ1v) is 6.45. The van der Waals surface area contributed by atoms with Gasteiger partial charge in [-0.05, 0) is 48.7 Å². The lowest BCUT2D eigenvalue weighted by molar-refractivity contribution is 0.481. The zero-order valence-corrected chi connectivity index (χ0v) is 10.3. The van der Waals surface area contributed by atoms with E-state index in [0.29, 0.717) is 5.92 Å². The van der Waals surface area contributed by atoms with Crippen molar-refractivity contribution in [3.05, 3.63) is 60.2 Å². The maximum Gasteiger partial charge on any atom is 0.127 e. The minimum atomic E-state index is 0.629. The van der Waals surface area contributed by atoms with Crippen LogP contribution in [-0.4, -0.2) is 13.1 Å². The van der Waals surface area contributed by atoms with Crippen molar-refractivity contribution in [2.45, 2.75) is 12.3 Å². The van der Waals surface area contributed by atoms with Gasteiger partial charge in [0.1, 0.15) is 11.5 Å². The number of ether oxygens (including phenoxy) is 1. The molecule has 0 radical (unpaired) electrons. The van der Waals surface area contributed by atoms with E-state index >= 15 is 0 Å². The summed E-state index contributed by atoms with van der Waals surface area (Å²) in [6.07, 6.45) is 1.22. The van der Waals surface area contributed by atoms with Gasteiger partial charge in [-0.15, -0.1) is 0 Å². The molecule has 3 rings (SSSR count). The van der Waals surface area contributed by atoms with Crippen molar-refractivity contribution in [3.8, 4) is 11.5 Å². The Morgan fingerprint density at radius 2 is 1.78 bits per heavy atom. The van der Waals surface area contributed by atoms with Crippen LogP contribution >= 0.6 is 0 Å². The van der Waals surface area contributed by atoms with E-state index in [1.54, 1.807) is 0 Å². The summed E-state index contributed by atoms with van der Waals surface area (Å²) in [5.74, 6) is 2.44. The van der Waals surface area contributed by atoms with Crippen molar-refractivity contribution in [3.63, 3.8) is 0 Å². The molecule has 1 aliphatic heterocycles. The quantitative estimate of drug-likeness (QED) is 0.884. The summed E-state index contributed by atoms with van der Waals surface area (Å²) in [6.45, 7) is 2.20. The van der Waals surface area contributed by atoms with E-state index in [2.05, 4.69) is 23.5 Å². The monoisotopic (exact) mass is 239 g/mol. The largest absolute Gasteiger partial charge is 0.457 e. The molecule has 18 heavy (non-hydrogen) atoms. The van der Waals surface area contributed by atoms with Crippen LogP contribution in [0.5, 0.6) is 11.5 Å². The molecule has 1 N–H and O–H groups in total. The molecule has 2 aromatic rings. The average molecular weight is 239 g/mol. The third-order valence-electron chi connectivity index (χ3n) is 3.37. The third-order valence-corrected chi connectivity index (χ3v) is 3.37. The minimum Gasteiger partial charge on any atom is -0.457 e. The molecular weight excluding hydrogens is 222 g/mol. The number of hydrogen-bond acceptors (Lipinski definition) is 2. The lowest BCUT2D eigenvalue weighted by Gasteiger charge is -2.11. The van der Waals surface area contributed by atoms with Crippen LogP contribution in [0.1, 0.15) is 17.9 Å². The maximum atomic E-state index is 5.86. The number of rotatable bonds is 3. The predicted molar refractivity (Wildman–Crippen MR) is 73.2 cm³/mol. The lowest BCUT2D eigenvalue weighted by atomic mass is 9.98. The third kappa shape index (κ3) is 2.54. The van der Waals surface area contributed by atoms with Crippen molar-refractivity contribution < 1.29 is 4.74 Å². The van der Waals surface area contributed by atoms with Gasteiger partial charge in [0, 0.05) is 6.54 Å². The van der Waals surface area contributed by atoms with Gasteiger partial charge in [0.05, 0.1) is 0 Å². The summed E-state index contributed by atoms with van der Waals surface area (Å²) in [5, 5.41) is 3.40. The van der Waals surface area contributed by atoms with Gasteiger partial charge in [0.25, 0.3) is 0 Å². The molecule has 1 atom stereocenters. The molecule has 1 saturated heterocycles. The zero-order valence-electron chi connectivity index (χ0n) is 10.3. The lowest BCUT2D eigenvalue weighted by Crippen LogP contribution is -2.07. The van der Waals surface area contributed by atoms with E-state index in [9.17, 15) is 0 Å². The Kier molecular flexibility index (Phi) is 3.29. The van der Waals surface area contributed by atoms with Crippen LogP contribution in [0.25, 0.3) is 0 Å². The normalized spacial score (nSPS) is 18.8. The molecule has 1 fully saturated rings. The molecule has 0 aliphatic carbocycles. The molecule has 2 nitrogen and oxygen atoms in total. The van der Waals surface area contributed by atoms with Crippen LogP contribution < -0.4 is 10.1 Å². The van der Waals surface area contributed by atoms with Gasteiger partial charge < -0.3 is 10.1 Å². The van der Waals surface area contributed by atoms with Crippen LogP contribution in [0, 0.1) is 0 Å². The average Bonchev–Trinajstić information content (AvgIpc) is 2.94. The van der Waals surface area contributed by atoms with Crippen LogP contribution in [-0.2, 0) is 0 Å². The Labute approximate surface area is 108 Å². The second kappa shape index (κ2) is 5.23. The van der Waals surface area contributed by atoms with Crippen molar-refractivity contribution in [1.82, 2.24) is 5.32 Å². The Morgan fingerprint density at radius 1 is 0.944 bits per heavy atom. The van der Waals surface area contributed by atoms with Crippen molar-refractivity contribution in [2.75, 3.05) is 13.1 Å². The van der Waals surface area contributed by atoms with Gasteiger partial charge in [-0.3, -0.25) is 0 Å². The number of nitrogens with one attached hydrogen (secondary N) is 1. The second-order valence-electron chi connectivity index (χ2n) is 4.68. The smallest absolute Gasteiger partial charge is 0.127 e. The standard InChI is InChI=1S/C16H17NO/c1-2-6-15(7-3-1)18-16-8-4-5-13(11-16)14-9-10-17-12-14/h1-8,11,14,17H,9-10,12H2/t14-/m0/s1. The fourth-order valence-corrected chi connectivity index (χ4v) is 2.40. The van der Waals surface area contributed by atoms with E-state index < -0.39 is 0 Å². The van der Waals surface area contributed by atoms with Crippen molar-refractivity contribution in [1.29, 1.82) is 0 Å². The van der Waals surface area contributed by atoms with Crippen LogP contribution in [0.2, 0.25) is 0 Å². The second-order valence-corrected chi connectivity index (χ2v) is 4.68. The highest BCUT2D eigenvalue weighted by Gasteiger charge is 2.16. The van der Waals surface area contributed by atoms with E-state index in [1.807, 2.05) is 36.4 Å². The number of para-hydroxylation sites is 1. The van der Waals surface area contributed by atoms with E-state index in [0.717, 1.165) is 24.6 Å². The van der Waals surface area contributed by atoms with E-state index in [1.165, 1.54) is 12.0 Å². The molecule has 92 valence electrons.